The summed E-state index contributed by atoms with van der Waals surface area (Å²) in [5, 5.41) is 2.48. The van der Waals surface area contributed by atoms with Crippen LogP contribution < -0.4 is 0 Å². The van der Waals surface area contributed by atoms with Crippen molar-refractivity contribution in [1.82, 2.24) is 0 Å². The van der Waals surface area contributed by atoms with Crippen LogP contribution in [0.5, 0.6) is 0 Å². The van der Waals surface area contributed by atoms with Crippen LogP contribution in [0, 0.1) is 5.41 Å². The second kappa shape index (κ2) is 4.69. The predicted molar refractivity (Wildman–Crippen MR) is 95.8 cm³/mol. The van der Waals surface area contributed by atoms with E-state index in [0.717, 1.165) is 11.1 Å². The Morgan fingerprint density at radius 1 is 0.708 bits per heavy atom. The van der Waals surface area contributed by atoms with Gasteiger partial charge in [0.15, 0.2) is 0 Å². The van der Waals surface area contributed by atoms with Gasteiger partial charge in [0.1, 0.15) is 0 Å². The van der Waals surface area contributed by atoms with Gasteiger partial charge in [-0.3, -0.25) is 0 Å². The van der Waals surface area contributed by atoms with Crippen LogP contribution in [0.4, 0.5) is 0 Å². The molecule has 2 aliphatic rings. The van der Waals surface area contributed by atoms with Gasteiger partial charge >= 0.3 is 0 Å². The molecule has 1 aliphatic carbocycles. The number of benzene rings is 3. The summed E-state index contributed by atoms with van der Waals surface area (Å²) in [6, 6.07) is 21.4. The normalized spacial score (nSPS) is 20.1. The van der Waals surface area contributed by atoms with E-state index in [9.17, 15) is 0 Å². The summed E-state index contributed by atoms with van der Waals surface area (Å²) in [6.07, 6.45) is 0. The highest BCUT2D eigenvalue weighted by molar-refractivity contribution is 6.02. The van der Waals surface area contributed by atoms with Crippen LogP contribution >= 0.6 is 0 Å². The third-order valence-corrected chi connectivity index (χ3v) is 5.16. The highest BCUT2D eigenvalue weighted by atomic mass is 16.7. The van der Waals surface area contributed by atoms with Crippen molar-refractivity contribution in [1.29, 1.82) is 0 Å². The molecule has 0 N–H and O–H groups in total. The SMILES string of the molecule is CC1(C)COC2(OC1)c1ccccc1-c1cccc3cccc2c13. The number of hydrogen-bond acceptors (Lipinski definition) is 2. The number of rotatable bonds is 0. The Balaban J connectivity index is 1.87. The van der Waals surface area contributed by atoms with Crippen molar-refractivity contribution in [2.75, 3.05) is 13.2 Å². The molecule has 0 amide bonds. The van der Waals surface area contributed by atoms with Crippen molar-refractivity contribution in [3.05, 3.63) is 71.8 Å². The zero-order valence-corrected chi connectivity index (χ0v) is 14.0. The van der Waals surface area contributed by atoms with Gasteiger partial charge in [-0.15, -0.1) is 0 Å². The van der Waals surface area contributed by atoms with Crippen molar-refractivity contribution in [3.63, 3.8) is 0 Å². The van der Waals surface area contributed by atoms with E-state index in [1.807, 2.05) is 0 Å². The van der Waals surface area contributed by atoms with E-state index < -0.39 is 5.79 Å². The van der Waals surface area contributed by atoms with E-state index in [1.165, 1.54) is 21.9 Å². The molecular weight excluding hydrogens is 296 g/mol. The quantitative estimate of drug-likeness (QED) is 0.575. The van der Waals surface area contributed by atoms with Crippen molar-refractivity contribution in [3.8, 4) is 11.1 Å². The average Bonchev–Trinajstić information content (AvgIpc) is 2.61. The molecule has 3 aromatic rings. The first-order valence-electron chi connectivity index (χ1n) is 8.51. The summed E-state index contributed by atoms with van der Waals surface area (Å²) in [6.45, 7) is 5.73. The van der Waals surface area contributed by atoms with E-state index in [-0.39, 0.29) is 5.41 Å². The minimum Gasteiger partial charge on any atom is -0.342 e. The number of fused-ring (bicyclic) bond motifs is 4. The van der Waals surface area contributed by atoms with Crippen LogP contribution in [0.15, 0.2) is 60.7 Å². The van der Waals surface area contributed by atoms with Gasteiger partial charge in [0.2, 0.25) is 5.79 Å². The fourth-order valence-electron chi connectivity index (χ4n) is 3.98. The lowest BCUT2D eigenvalue weighted by Gasteiger charge is -2.46. The zero-order chi connectivity index (χ0) is 16.4. The predicted octanol–water partition coefficient (Wildman–Crippen LogP) is 5.09. The molecule has 1 spiro atoms. The standard InChI is InChI=1S/C22H20O2/c1-21(2)13-23-22(24-14-21)18-11-4-3-9-16(18)17-10-5-7-15-8-6-12-19(22)20(15)17/h3-12H,13-14H2,1-2H3. The smallest absolute Gasteiger partial charge is 0.223 e. The fraction of sp³-hybridized carbons (Fsp3) is 0.273. The Labute approximate surface area is 142 Å². The Hall–Kier alpha value is -2.16. The van der Waals surface area contributed by atoms with Crippen LogP contribution in [0.2, 0.25) is 0 Å². The van der Waals surface area contributed by atoms with Crippen LogP contribution in [0.1, 0.15) is 25.0 Å². The molecule has 3 aromatic carbocycles. The Bertz CT molecular complexity index is 940. The maximum atomic E-state index is 6.47. The Kier molecular flexibility index (Phi) is 2.77. The third kappa shape index (κ3) is 1.78. The van der Waals surface area contributed by atoms with Gasteiger partial charge in [-0.2, -0.15) is 0 Å². The second-order valence-corrected chi connectivity index (χ2v) is 7.61. The van der Waals surface area contributed by atoms with Gasteiger partial charge in [-0.1, -0.05) is 74.5 Å². The zero-order valence-electron chi connectivity index (χ0n) is 14.0. The summed E-state index contributed by atoms with van der Waals surface area (Å²) in [4.78, 5) is 0. The van der Waals surface area contributed by atoms with E-state index in [1.54, 1.807) is 0 Å². The lowest BCUT2D eigenvalue weighted by Crippen LogP contribution is -2.47. The molecule has 2 heteroatoms. The van der Waals surface area contributed by atoms with Crippen molar-refractivity contribution in [2.45, 2.75) is 19.6 Å². The van der Waals surface area contributed by atoms with E-state index in [0.29, 0.717) is 13.2 Å². The molecule has 0 saturated carbocycles. The monoisotopic (exact) mass is 316 g/mol. The summed E-state index contributed by atoms with van der Waals surface area (Å²) < 4.78 is 12.9. The number of ether oxygens (including phenoxy) is 2. The first kappa shape index (κ1) is 14.2. The minimum absolute atomic E-state index is 0.0328. The van der Waals surface area contributed by atoms with E-state index in [4.69, 9.17) is 9.47 Å². The van der Waals surface area contributed by atoms with Gasteiger partial charge in [0.05, 0.1) is 13.2 Å². The molecular formula is C22H20O2. The highest BCUT2D eigenvalue weighted by Gasteiger charge is 2.48. The first-order chi connectivity index (χ1) is 11.6. The molecule has 0 atom stereocenters. The van der Waals surface area contributed by atoms with Gasteiger partial charge < -0.3 is 9.47 Å². The summed E-state index contributed by atoms with van der Waals surface area (Å²) >= 11 is 0. The third-order valence-electron chi connectivity index (χ3n) is 5.16. The van der Waals surface area contributed by atoms with Gasteiger partial charge in [0, 0.05) is 16.5 Å². The summed E-state index contributed by atoms with van der Waals surface area (Å²) in [7, 11) is 0. The summed E-state index contributed by atoms with van der Waals surface area (Å²) in [5.41, 5.74) is 4.75. The van der Waals surface area contributed by atoms with Crippen LogP contribution in [0.25, 0.3) is 21.9 Å². The second-order valence-electron chi connectivity index (χ2n) is 7.61. The number of hydrogen-bond donors (Lipinski definition) is 0. The molecule has 1 aliphatic heterocycles. The maximum absolute atomic E-state index is 6.47. The van der Waals surface area contributed by atoms with Crippen LogP contribution in [-0.2, 0) is 15.3 Å². The first-order valence-corrected chi connectivity index (χ1v) is 8.51. The molecule has 2 nitrogen and oxygen atoms in total. The molecule has 120 valence electrons. The van der Waals surface area contributed by atoms with E-state index >= 15 is 0 Å². The summed E-state index contributed by atoms with van der Waals surface area (Å²) in [5.74, 6) is -0.792. The molecule has 5 rings (SSSR count). The topological polar surface area (TPSA) is 18.5 Å². The molecule has 0 bridgehead atoms. The largest absolute Gasteiger partial charge is 0.342 e. The van der Waals surface area contributed by atoms with Crippen molar-refractivity contribution >= 4 is 10.8 Å². The molecule has 1 fully saturated rings. The molecule has 1 saturated heterocycles. The van der Waals surface area contributed by atoms with Crippen LogP contribution in [0.3, 0.4) is 0 Å². The van der Waals surface area contributed by atoms with Crippen molar-refractivity contribution in [2.24, 2.45) is 5.41 Å². The molecule has 24 heavy (non-hydrogen) atoms. The minimum atomic E-state index is -0.792. The Morgan fingerprint density at radius 2 is 1.33 bits per heavy atom. The van der Waals surface area contributed by atoms with Crippen LogP contribution in [-0.4, -0.2) is 13.2 Å². The molecule has 1 heterocycles. The van der Waals surface area contributed by atoms with Gasteiger partial charge in [-0.05, 0) is 21.9 Å². The van der Waals surface area contributed by atoms with Gasteiger partial charge in [-0.25, -0.2) is 0 Å². The Morgan fingerprint density at radius 3 is 2.12 bits per heavy atom. The van der Waals surface area contributed by atoms with Gasteiger partial charge in [0.25, 0.3) is 0 Å². The maximum Gasteiger partial charge on any atom is 0.223 e. The van der Waals surface area contributed by atoms with E-state index in [2.05, 4.69) is 74.5 Å². The lowest BCUT2D eigenvalue weighted by molar-refractivity contribution is -0.283. The fourth-order valence-corrected chi connectivity index (χ4v) is 3.98. The molecule has 0 unspecified atom stereocenters. The van der Waals surface area contributed by atoms with Crippen molar-refractivity contribution < 1.29 is 9.47 Å². The lowest BCUT2D eigenvalue weighted by atomic mass is 9.78. The highest BCUT2D eigenvalue weighted by Crippen LogP contribution is 2.52. The molecule has 0 aromatic heterocycles. The molecule has 0 radical (unpaired) electrons. The average molecular weight is 316 g/mol.